The molecule has 0 saturated carbocycles. The Hall–Kier alpha value is -3.02. The molecule has 0 saturated heterocycles. The Morgan fingerprint density at radius 3 is 2.59 bits per heavy atom. The van der Waals surface area contributed by atoms with Crippen LogP contribution in [0.3, 0.4) is 0 Å². The molecule has 0 aliphatic carbocycles. The summed E-state index contributed by atoms with van der Waals surface area (Å²) in [5, 5.41) is 6.65. The minimum atomic E-state index is -0.211. The molecule has 6 heteroatoms. The van der Waals surface area contributed by atoms with E-state index in [2.05, 4.69) is 20.4 Å². The van der Waals surface area contributed by atoms with Gasteiger partial charge in [-0.25, -0.2) is 0 Å². The number of rotatable bonds is 4. The molecule has 0 fully saturated rings. The molecule has 0 unspecified atom stereocenters. The standard InChI is InChI=1S/C16H14N4O2/c1-11-2-4-12(5-3-11)15-19-14(22-20-15)10-18-16(21)13-6-8-17-9-7-13/h2-9H,10H2,1H3,(H,18,21). The molecule has 0 aliphatic heterocycles. The van der Waals surface area contributed by atoms with Gasteiger partial charge in [0.15, 0.2) is 0 Å². The molecule has 0 atom stereocenters. The van der Waals surface area contributed by atoms with E-state index in [9.17, 15) is 4.79 Å². The first kappa shape index (κ1) is 13.9. The van der Waals surface area contributed by atoms with Gasteiger partial charge in [-0.15, -0.1) is 0 Å². The molecular formula is C16H14N4O2. The van der Waals surface area contributed by atoms with Crippen LogP contribution in [0, 0.1) is 6.92 Å². The van der Waals surface area contributed by atoms with Crippen molar-refractivity contribution in [1.29, 1.82) is 0 Å². The van der Waals surface area contributed by atoms with Crippen molar-refractivity contribution in [1.82, 2.24) is 20.4 Å². The highest BCUT2D eigenvalue weighted by Crippen LogP contribution is 2.16. The topological polar surface area (TPSA) is 80.9 Å². The van der Waals surface area contributed by atoms with Crippen molar-refractivity contribution in [3.8, 4) is 11.4 Å². The van der Waals surface area contributed by atoms with Crippen LogP contribution in [0.2, 0.25) is 0 Å². The lowest BCUT2D eigenvalue weighted by molar-refractivity contribution is 0.0946. The summed E-state index contributed by atoms with van der Waals surface area (Å²) in [6, 6.07) is 11.1. The van der Waals surface area contributed by atoms with Crippen LogP contribution >= 0.6 is 0 Å². The maximum atomic E-state index is 11.9. The summed E-state index contributed by atoms with van der Waals surface area (Å²) in [6.45, 7) is 2.19. The summed E-state index contributed by atoms with van der Waals surface area (Å²) in [4.78, 5) is 20.0. The van der Waals surface area contributed by atoms with Crippen molar-refractivity contribution in [3.05, 3.63) is 65.8 Å². The molecule has 1 N–H and O–H groups in total. The first-order valence-corrected chi connectivity index (χ1v) is 6.80. The van der Waals surface area contributed by atoms with Crippen molar-refractivity contribution in [2.75, 3.05) is 0 Å². The first-order chi connectivity index (χ1) is 10.7. The van der Waals surface area contributed by atoms with E-state index in [0.717, 1.165) is 11.1 Å². The molecule has 0 aliphatic rings. The van der Waals surface area contributed by atoms with E-state index in [1.165, 1.54) is 0 Å². The Balaban J connectivity index is 1.65. The molecule has 6 nitrogen and oxygen atoms in total. The lowest BCUT2D eigenvalue weighted by atomic mass is 10.1. The zero-order valence-corrected chi connectivity index (χ0v) is 12.0. The number of amides is 1. The Morgan fingerprint density at radius 1 is 1.14 bits per heavy atom. The van der Waals surface area contributed by atoms with E-state index < -0.39 is 0 Å². The lowest BCUT2D eigenvalue weighted by Gasteiger charge is -2.01. The molecular weight excluding hydrogens is 280 g/mol. The van der Waals surface area contributed by atoms with Gasteiger partial charge in [-0.3, -0.25) is 9.78 Å². The lowest BCUT2D eigenvalue weighted by Crippen LogP contribution is -2.22. The Labute approximate surface area is 127 Å². The molecule has 0 bridgehead atoms. The van der Waals surface area contributed by atoms with Crippen LogP contribution in [0.1, 0.15) is 21.8 Å². The zero-order chi connectivity index (χ0) is 15.4. The van der Waals surface area contributed by atoms with Gasteiger partial charge in [0, 0.05) is 23.5 Å². The second-order valence-corrected chi connectivity index (χ2v) is 4.80. The summed E-state index contributed by atoms with van der Waals surface area (Å²) in [5.41, 5.74) is 2.58. The summed E-state index contributed by atoms with van der Waals surface area (Å²) in [5.74, 6) is 0.656. The van der Waals surface area contributed by atoms with Crippen LogP contribution in [0.25, 0.3) is 11.4 Å². The van der Waals surface area contributed by atoms with E-state index in [1.807, 2.05) is 31.2 Å². The molecule has 2 heterocycles. The van der Waals surface area contributed by atoms with Gasteiger partial charge in [0.05, 0.1) is 6.54 Å². The number of carbonyl (C=O) groups is 1. The van der Waals surface area contributed by atoms with Gasteiger partial charge < -0.3 is 9.84 Å². The first-order valence-electron chi connectivity index (χ1n) is 6.80. The summed E-state index contributed by atoms with van der Waals surface area (Å²) in [7, 11) is 0. The van der Waals surface area contributed by atoms with E-state index in [1.54, 1.807) is 24.5 Å². The highest BCUT2D eigenvalue weighted by atomic mass is 16.5. The number of nitrogens with zero attached hydrogens (tertiary/aromatic N) is 3. The SMILES string of the molecule is Cc1ccc(-c2noc(CNC(=O)c3ccncc3)n2)cc1. The normalized spacial score (nSPS) is 10.4. The van der Waals surface area contributed by atoms with Crippen LogP contribution in [-0.4, -0.2) is 21.0 Å². The van der Waals surface area contributed by atoms with Crippen LogP contribution in [0.15, 0.2) is 53.3 Å². The number of benzene rings is 1. The average Bonchev–Trinajstić information content (AvgIpc) is 3.03. The molecule has 2 aromatic heterocycles. The average molecular weight is 294 g/mol. The number of aryl methyl sites for hydroxylation is 1. The summed E-state index contributed by atoms with van der Waals surface area (Å²) in [6.07, 6.45) is 3.13. The maximum absolute atomic E-state index is 11.9. The minimum absolute atomic E-state index is 0.181. The Kier molecular flexibility index (Phi) is 3.91. The molecule has 3 aromatic rings. The van der Waals surface area contributed by atoms with Crippen molar-refractivity contribution >= 4 is 5.91 Å². The van der Waals surface area contributed by atoms with Crippen LogP contribution in [0.5, 0.6) is 0 Å². The van der Waals surface area contributed by atoms with E-state index in [-0.39, 0.29) is 12.5 Å². The fourth-order valence-electron chi connectivity index (χ4n) is 1.91. The Morgan fingerprint density at radius 2 is 1.86 bits per heavy atom. The summed E-state index contributed by atoms with van der Waals surface area (Å²) < 4.78 is 5.15. The van der Waals surface area contributed by atoms with Gasteiger partial charge >= 0.3 is 0 Å². The second-order valence-electron chi connectivity index (χ2n) is 4.80. The third-order valence-corrected chi connectivity index (χ3v) is 3.12. The van der Waals surface area contributed by atoms with Crippen molar-refractivity contribution in [2.45, 2.75) is 13.5 Å². The molecule has 1 amide bonds. The maximum Gasteiger partial charge on any atom is 0.251 e. The third-order valence-electron chi connectivity index (χ3n) is 3.12. The highest BCUT2D eigenvalue weighted by Gasteiger charge is 2.10. The van der Waals surface area contributed by atoms with Crippen LogP contribution in [-0.2, 0) is 6.54 Å². The predicted molar refractivity (Wildman–Crippen MR) is 79.9 cm³/mol. The monoisotopic (exact) mass is 294 g/mol. The quantitative estimate of drug-likeness (QED) is 0.799. The molecule has 110 valence electrons. The molecule has 22 heavy (non-hydrogen) atoms. The van der Waals surface area contributed by atoms with Crippen molar-refractivity contribution in [3.63, 3.8) is 0 Å². The van der Waals surface area contributed by atoms with E-state index in [0.29, 0.717) is 17.3 Å². The van der Waals surface area contributed by atoms with Gasteiger partial charge in [0.25, 0.3) is 5.91 Å². The molecule has 3 rings (SSSR count). The molecule has 0 spiro atoms. The second kappa shape index (κ2) is 6.17. The number of pyridine rings is 1. The number of hydrogen-bond acceptors (Lipinski definition) is 5. The summed E-state index contributed by atoms with van der Waals surface area (Å²) >= 11 is 0. The van der Waals surface area contributed by atoms with Crippen LogP contribution in [0.4, 0.5) is 0 Å². The predicted octanol–water partition coefficient (Wildman–Crippen LogP) is 2.37. The van der Waals surface area contributed by atoms with Crippen molar-refractivity contribution < 1.29 is 9.32 Å². The highest BCUT2D eigenvalue weighted by molar-refractivity contribution is 5.93. The minimum Gasteiger partial charge on any atom is -0.343 e. The zero-order valence-electron chi connectivity index (χ0n) is 12.0. The number of nitrogens with one attached hydrogen (secondary N) is 1. The third kappa shape index (κ3) is 3.17. The smallest absolute Gasteiger partial charge is 0.251 e. The Bertz CT molecular complexity index is 766. The fraction of sp³-hybridized carbons (Fsp3) is 0.125. The van der Waals surface area contributed by atoms with Gasteiger partial charge in [-0.1, -0.05) is 35.0 Å². The van der Waals surface area contributed by atoms with Gasteiger partial charge in [-0.05, 0) is 19.1 Å². The van der Waals surface area contributed by atoms with Gasteiger partial charge in [0.2, 0.25) is 11.7 Å². The number of aromatic nitrogens is 3. The van der Waals surface area contributed by atoms with Crippen molar-refractivity contribution in [2.24, 2.45) is 0 Å². The number of hydrogen-bond donors (Lipinski definition) is 1. The fourth-order valence-corrected chi connectivity index (χ4v) is 1.91. The van der Waals surface area contributed by atoms with Crippen LogP contribution < -0.4 is 5.32 Å². The largest absolute Gasteiger partial charge is 0.343 e. The number of carbonyl (C=O) groups excluding carboxylic acids is 1. The van der Waals surface area contributed by atoms with E-state index >= 15 is 0 Å². The molecule has 1 aromatic carbocycles. The van der Waals surface area contributed by atoms with Gasteiger partial charge in [-0.2, -0.15) is 4.98 Å². The molecule has 0 radical (unpaired) electrons. The van der Waals surface area contributed by atoms with Gasteiger partial charge in [0.1, 0.15) is 0 Å². The van der Waals surface area contributed by atoms with E-state index in [4.69, 9.17) is 4.52 Å².